The van der Waals surface area contributed by atoms with E-state index in [-0.39, 0.29) is 42.4 Å². The molecular formula is C47H62Cl2F6N6O6S. The molecule has 1 unspecified atom stereocenters. The summed E-state index contributed by atoms with van der Waals surface area (Å²) in [5.74, 6) is -9.64. The van der Waals surface area contributed by atoms with Crippen molar-refractivity contribution in [1.29, 1.82) is 0 Å². The number of thiol groups is 1. The number of carbonyl (C=O) groups excluding carboxylic acids is 6. The largest absolute Gasteiger partial charge is 0.403 e. The molecule has 378 valence electrons. The fourth-order valence-corrected chi connectivity index (χ4v) is 10.9. The Kier molecular flexibility index (Phi) is 17.1. The van der Waals surface area contributed by atoms with Gasteiger partial charge in [-0.15, -0.1) is 0 Å². The molecular weight excluding hydrogens is 962 g/mol. The molecule has 0 aromatic heterocycles. The minimum atomic E-state index is -5.40. The van der Waals surface area contributed by atoms with Crippen molar-refractivity contribution in [2.75, 3.05) is 27.2 Å². The Morgan fingerprint density at radius 3 is 2.31 bits per heavy atom. The quantitative estimate of drug-likeness (QED) is 0.127. The van der Waals surface area contributed by atoms with E-state index in [9.17, 15) is 55.1 Å². The van der Waals surface area contributed by atoms with Crippen LogP contribution in [0.4, 0.5) is 26.3 Å². The van der Waals surface area contributed by atoms with E-state index < -0.39 is 115 Å². The number of nitrogens with zero attached hydrogens (tertiary/aromatic N) is 4. The van der Waals surface area contributed by atoms with Gasteiger partial charge in [-0.2, -0.15) is 25.8 Å². The van der Waals surface area contributed by atoms with E-state index in [4.69, 9.17) is 35.8 Å². The zero-order chi connectivity index (χ0) is 50.0. The van der Waals surface area contributed by atoms with E-state index >= 15 is 0 Å². The Balaban J connectivity index is 1.27. The summed E-state index contributed by atoms with van der Waals surface area (Å²) in [5, 5.41) is 5.99. The molecule has 2 aliphatic carbocycles. The van der Waals surface area contributed by atoms with Crippen LogP contribution in [-0.4, -0.2) is 142 Å². The topological polar surface area (TPSA) is 139 Å². The van der Waals surface area contributed by atoms with Crippen LogP contribution in [-0.2, 0) is 35.2 Å². The summed E-state index contributed by atoms with van der Waals surface area (Å²) >= 11 is 17.7. The molecule has 0 spiro atoms. The van der Waals surface area contributed by atoms with Gasteiger partial charge >= 0.3 is 6.18 Å². The third-order valence-corrected chi connectivity index (χ3v) is 15.2. The molecule has 3 heterocycles. The number of alkyl halides is 6. The normalized spacial score (nSPS) is 29.4. The summed E-state index contributed by atoms with van der Waals surface area (Å²) in [4.78, 5) is 90.6. The van der Waals surface area contributed by atoms with Crippen LogP contribution in [0, 0.1) is 17.3 Å². The Labute approximate surface area is 409 Å². The van der Waals surface area contributed by atoms with Crippen LogP contribution in [0.15, 0.2) is 30.4 Å². The summed E-state index contributed by atoms with van der Waals surface area (Å²) < 4.78 is 85.5. The van der Waals surface area contributed by atoms with Gasteiger partial charge in [0.15, 0.2) is 5.41 Å². The van der Waals surface area contributed by atoms with E-state index in [1.165, 1.54) is 19.0 Å². The average molecular weight is 1020 g/mol. The summed E-state index contributed by atoms with van der Waals surface area (Å²) in [6.45, 7) is 3.27. The van der Waals surface area contributed by atoms with E-state index in [2.05, 4.69) is 10.6 Å². The van der Waals surface area contributed by atoms with Gasteiger partial charge in [-0.3, -0.25) is 28.8 Å². The lowest BCUT2D eigenvalue weighted by Gasteiger charge is -2.48. The molecule has 2 saturated heterocycles. The highest BCUT2D eigenvalue weighted by Crippen LogP contribution is 2.61. The lowest BCUT2D eigenvalue weighted by Crippen LogP contribution is -2.65. The molecule has 1 aromatic carbocycles. The van der Waals surface area contributed by atoms with E-state index in [0.717, 1.165) is 17.7 Å². The molecule has 6 rings (SSSR count). The monoisotopic (exact) mass is 1020 g/mol. The highest BCUT2D eigenvalue weighted by molar-refractivity contribution is 7.81. The third kappa shape index (κ3) is 12.2. The first-order valence-corrected chi connectivity index (χ1v) is 24.7. The van der Waals surface area contributed by atoms with Crippen LogP contribution in [0.5, 0.6) is 0 Å². The average Bonchev–Trinajstić information content (AvgIpc) is 3.86. The number of fused-ring (bicyclic) bond motifs is 1. The molecule has 8 atom stereocenters. The van der Waals surface area contributed by atoms with Crippen LogP contribution in [0.3, 0.4) is 0 Å². The number of likely N-dealkylation sites (tertiary alicyclic amines) is 1. The summed E-state index contributed by atoms with van der Waals surface area (Å²) in [6, 6.07) is -1.87. The van der Waals surface area contributed by atoms with Crippen molar-refractivity contribution >= 4 is 71.3 Å². The molecule has 3 aliphatic heterocycles. The lowest BCUT2D eigenvalue weighted by atomic mass is 9.64. The predicted octanol–water partition coefficient (Wildman–Crippen LogP) is 7.34. The van der Waals surface area contributed by atoms with Crippen molar-refractivity contribution in [2.45, 2.75) is 164 Å². The molecule has 4 fully saturated rings. The van der Waals surface area contributed by atoms with Gasteiger partial charge in [0, 0.05) is 67.7 Å². The number of amides is 6. The van der Waals surface area contributed by atoms with Crippen LogP contribution < -0.4 is 10.6 Å². The molecule has 5 aliphatic rings. The van der Waals surface area contributed by atoms with Gasteiger partial charge in [0.1, 0.15) is 36.4 Å². The smallest absolute Gasteiger partial charge is 0.342 e. The number of hydrogen-bond donors (Lipinski definition) is 3. The van der Waals surface area contributed by atoms with E-state index in [0.29, 0.717) is 65.6 Å². The Morgan fingerprint density at radius 1 is 1.00 bits per heavy atom. The summed E-state index contributed by atoms with van der Waals surface area (Å²) in [6.07, 6.45) is -2.90. The molecule has 0 bridgehead atoms. The Hall–Kier alpha value is -3.71. The number of carbonyl (C=O) groups is 6. The highest BCUT2D eigenvalue weighted by atomic mass is 35.5. The molecule has 1 aromatic rings. The molecule has 68 heavy (non-hydrogen) atoms. The van der Waals surface area contributed by atoms with Gasteiger partial charge in [-0.1, -0.05) is 62.0 Å². The van der Waals surface area contributed by atoms with Crippen molar-refractivity contribution in [3.63, 3.8) is 0 Å². The highest BCUT2D eigenvalue weighted by Gasteiger charge is 2.75. The zero-order valence-electron chi connectivity index (χ0n) is 38.7. The zero-order valence-corrected chi connectivity index (χ0v) is 41.1. The van der Waals surface area contributed by atoms with Crippen molar-refractivity contribution < 1.29 is 55.1 Å². The Morgan fingerprint density at radius 2 is 1.68 bits per heavy atom. The van der Waals surface area contributed by atoms with E-state index in [1.807, 2.05) is 26.0 Å². The Bertz CT molecular complexity index is 2090. The van der Waals surface area contributed by atoms with Gasteiger partial charge < -0.3 is 30.2 Å². The number of hydrogen-bond acceptors (Lipinski definition) is 7. The number of halogens is 8. The van der Waals surface area contributed by atoms with Gasteiger partial charge in [0.2, 0.25) is 35.4 Å². The van der Waals surface area contributed by atoms with Crippen molar-refractivity contribution in [3.05, 3.63) is 46.0 Å². The van der Waals surface area contributed by atoms with Crippen LogP contribution in [0.2, 0.25) is 10.0 Å². The van der Waals surface area contributed by atoms with Gasteiger partial charge in [-0.05, 0) is 87.0 Å². The first-order chi connectivity index (χ1) is 31.8. The summed E-state index contributed by atoms with van der Waals surface area (Å²) in [7, 11) is 2.86. The second-order valence-corrected chi connectivity index (χ2v) is 21.3. The number of nitrogens with one attached hydrogen (secondary N) is 2. The van der Waals surface area contributed by atoms with Crippen LogP contribution in [0.25, 0.3) is 0 Å². The second kappa shape index (κ2) is 21.7. The van der Waals surface area contributed by atoms with Crippen molar-refractivity contribution in [3.8, 4) is 0 Å². The molecule has 2 saturated carbocycles. The number of likely N-dealkylation sites (N-methyl/N-ethyl adjacent to an activating group) is 2. The van der Waals surface area contributed by atoms with Gasteiger partial charge in [-0.25, -0.2) is 13.2 Å². The van der Waals surface area contributed by atoms with Crippen molar-refractivity contribution in [2.24, 2.45) is 17.3 Å². The number of rotatable bonds is 10. The lowest BCUT2D eigenvalue weighted by molar-refractivity contribution is -0.299. The fourth-order valence-electron chi connectivity index (χ4n) is 10.2. The van der Waals surface area contributed by atoms with Crippen LogP contribution in [0.1, 0.15) is 103 Å². The minimum absolute atomic E-state index is 0.0205. The predicted molar refractivity (Wildman–Crippen MR) is 247 cm³/mol. The van der Waals surface area contributed by atoms with Crippen molar-refractivity contribution in [1.82, 2.24) is 30.2 Å². The SMILES string of the molecule is CC(C)C[C@@H]1NC(=O)[C@@H](N(C)C(=O)[C@@H](NC(=O)C2C[C@H](F)CN2C(=O)C2(C(F)(F)F)CC(F)(F)C2)C2CC2)CCCC[C@@H](S)/C=C/C[C@H]2CCCN2C(=O)[C@H](Cc2cc(Cl)ccc2Cl)N(C)C1=O. The molecule has 6 amide bonds. The number of benzene rings is 1. The second-order valence-electron chi connectivity index (χ2n) is 19.8. The maximum Gasteiger partial charge on any atom is 0.403 e. The third-order valence-electron chi connectivity index (χ3n) is 14.2. The maximum atomic E-state index is 14.9. The summed E-state index contributed by atoms with van der Waals surface area (Å²) in [5.41, 5.74) is -2.95. The van der Waals surface area contributed by atoms with Gasteiger partial charge in [0.25, 0.3) is 5.92 Å². The maximum absolute atomic E-state index is 14.9. The fraction of sp³-hybridized carbons (Fsp3) is 0.702. The first-order valence-electron chi connectivity index (χ1n) is 23.5. The molecule has 21 heteroatoms. The van der Waals surface area contributed by atoms with Gasteiger partial charge in [0.05, 0.1) is 6.54 Å². The minimum Gasteiger partial charge on any atom is -0.342 e. The standard InChI is InChI=1S/C47H62Cl2F6N6O6S/c1-26(2)19-34-41(64)59(4)37(21-28-20-29(48)16-17-33(28)49)42(65)60-18-8-10-31(60)9-7-12-32(68)11-5-6-13-35(39(62)56-34)58(3)43(66)38(27-14-15-27)57-40(63)36-22-30(50)23-61(36)44(67)45(47(53,54)55)24-46(51,52)25-45/h7,12,16-17,20,26-27,30-32,34-38,68H,5-6,8-11,13-15,18-19,21-25H2,1-4H3,(H,56,62)(H,57,63)/b12-7+/t30-,31-,32+,34-,35-,36?,37-,38-/m0/s1. The molecule has 0 radical (unpaired) electrons. The first kappa shape index (κ1) is 53.6. The van der Waals surface area contributed by atoms with E-state index in [1.54, 1.807) is 23.1 Å². The molecule has 2 N–H and O–H groups in total. The van der Waals surface area contributed by atoms with Crippen LogP contribution >= 0.6 is 35.8 Å². The molecule has 12 nitrogen and oxygen atoms in total.